The second-order valence-electron chi connectivity index (χ2n) is 2.12. The molecule has 0 atom stereocenters. The lowest BCUT2D eigenvalue weighted by molar-refractivity contribution is 0.107. The Hall–Kier alpha value is -0.550. The maximum Gasteiger partial charge on any atom is 0.255 e. The topological polar surface area (TPSA) is 17.1 Å². The van der Waals surface area contributed by atoms with E-state index in [0.717, 1.165) is 0 Å². The first kappa shape index (κ1) is 10.5. The number of hydrogen-bond acceptors (Lipinski definition) is 1. The molecule has 0 aromatic heterocycles. The van der Waals surface area contributed by atoms with Crippen molar-refractivity contribution in [2.75, 3.05) is 0 Å². The molecule has 0 saturated heterocycles. The van der Waals surface area contributed by atoms with Gasteiger partial charge in [0.25, 0.3) is 5.24 Å². The van der Waals surface area contributed by atoms with Gasteiger partial charge in [-0.1, -0.05) is 0 Å². The zero-order valence-corrected chi connectivity index (χ0v) is 8.22. The minimum atomic E-state index is -1.47. The van der Waals surface area contributed by atoms with E-state index in [-0.39, 0.29) is 0 Å². The van der Waals surface area contributed by atoms with Gasteiger partial charge in [-0.05, 0) is 33.6 Å². The first-order valence-corrected chi connectivity index (χ1v) is 4.15. The average molecular weight is 273 g/mol. The van der Waals surface area contributed by atoms with Gasteiger partial charge in [-0.15, -0.1) is 0 Å². The summed E-state index contributed by atoms with van der Waals surface area (Å²) in [6.45, 7) is 0. The predicted molar refractivity (Wildman–Crippen MR) is 44.2 cm³/mol. The molecule has 0 aliphatic heterocycles. The quantitative estimate of drug-likeness (QED) is 0.436. The fraction of sp³-hybridized carbons (Fsp3) is 0. The van der Waals surface area contributed by atoms with Crippen LogP contribution in [0.2, 0.25) is 0 Å². The molecule has 0 radical (unpaired) electrons. The summed E-state index contributed by atoms with van der Waals surface area (Å²) >= 11 is 7.35. The van der Waals surface area contributed by atoms with Crippen molar-refractivity contribution in [1.82, 2.24) is 0 Å². The highest BCUT2D eigenvalue weighted by molar-refractivity contribution is 9.10. The largest absolute Gasteiger partial charge is 0.275 e. The Bertz CT molecular complexity index is 380. The molecular weight excluding hydrogens is 272 g/mol. The highest BCUT2D eigenvalue weighted by atomic mass is 79.9. The van der Waals surface area contributed by atoms with Crippen LogP contribution in [0.1, 0.15) is 10.4 Å². The fourth-order valence-electron chi connectivity index (χ4n) is 0.716. The third kappa shape index (κ3) is 1.86. The molecule has 0 N–H and O–H groups in total. The zero-order valence-electron chi connectivity index (χ0n) is 5.88. The monoisotopic (exact) mass is 272 g/mol. The summed E-state index contributed by atoms with van der Waals surface area (Å²) in [5.74, 6) is -4.01. The molecule has 13 heavy (non-hydrogen) atoms. The summed E-state index contributed by atoms with van der Waals surface area (Å²) in [5, 5.41) is -1.25. The van der Waals surface area contributed by atoms with Crippen LogP contribution in [0.3, 0.4) is 0 Å². The van der Waals surface area contributed by atoms with Crippen molar-refractivity contribution in [3.05, 3.63) is 33.6 Å². The summed E-state index contributed by atoms with van der Waals surface area (Å²) in [5.41, 5.74) is -0.820. The zero-order chi connectivity index (χ0) is 10.2. The van der Waals surface area contributed by atoms with Gasteiger partial charge >= 0.3 is 0 Å². The van der Waals surface area contributed by atoms with Gasteiger partial charge in [-0.3, -0.25) is 4.79 Å². The van der Waals surface area contributed by atoms with Crippen LogP contribution in [-0.4, -0.2) is 5.24 Å². The lowest BCUT2D eigenvalue weighted by atomic mass is 10.2. The molecule has 0 saturated carbocycles. The van der Waals surface area contributed by atoms with Crippen LogP contribution in [0, 0.1) is 17.5 Å². The Kier molecular flexibility index (Phi) is 2.98. The van der Waals surface area contributed by atoms with Crippen LogP contribution in [0.5, 0.6) is 0 Å². The number of carbonyl (C=O) groups excluding carboxylic acids is 1. The molecular formula is C7HBrClF3O. The molecule has 0 aliphatic carbocycles. The molecule has 0 amide bonds. The average Bonchev–Trinajstić information content (AvgIpc) is 2.07. The second-order valence-corrected chi connectivity index (χ2v) is 3.26. The first-order valence-electron chi connectivity index (χ1n) is 2.98. The van der Waals surface area contributed by atoms with Crippen molar-refractivity contribution in [3.63, 3.8) is 0 Å². The summed E-state index contributed by atoms with van der Waals surface area (Å²) in [6, 6.07) is 0.526. The highest BCUT2D eigenvalue weighted by Gasteiger charge is 2.20. The SMILES string of the molecule is O=C(Cl)c1cc(F)c(Br)c(F)c1F. The van der Waals surface area contributed by atoms with Crippen molar-refractivity contribution in [3.8, 4) is 0 Å². The molecule has 0 heterocycles. The van der Waals surface area contributed by atoms with Gasteiger partial charge in [0.1, 0.15) is 5.82 Å². The summed E-state index contributed by atoms with van der Waals surface area (Å²) in [6.07, 6.45) is 0. The normalized spacial score (nSPS) is 10.2. The molecule has 6 heteroatoms. The number of rotatable bonds is 1. The lowest BCUT2D eigenvalue weighted by Gasteiger charge is -2.01. The van der Waals surface area contributed by atoms with Crippen LogP contribution in [0.4, 0.5) is 13.2 Å². The number of hydrogen-bond donors (Lipinski definition) is 0. The van der Waals surface area contributed by atoms with Gasteiger partial charge in [0, 0.05) is 0 Å². The van der Waals surface area contributed by atoms with Crippen LogP contribution in [0.15, 0.2) is 10.5 Å². The molecule has 1 rings (SSSR count). The van der Waals surface area contributed by atoms with Gasteiger partial charge < -0.3 is 0 Å². The Morgan fingerprint density at radius 2 is 1.85 bits per heavy atom. The standard InChI is InChI=1S/C7HBrClF3O/c8-4-3(10)1-2(7(9)13)5(11)6(4)12/h1H. The molecule has 0 unspecified atom stereocenters. The van der Waals surface area contributed by atoms with E-state index in [1.165, 1.54) is 0 Å². The molecule has 0 aliphatic rings. The van der Waals surface area contributed by atoms with Crippen molar-refractivity contribution >= 4 is 32.8 Å². The summed E-state index contributed by atoms with van der Waals surface area (Å²) in [7, 11) is 0. The maximum atomic E-state index is 12.8. The Morgan fingerprint density at radius 3 is 2.31 bits per heavy atom. The number of carbonyl (C=O) groups is 1. The van der Waals surface area contributed by atoms with Crippen LogP contribution >= 0.6 is 27.5 Å². The minimum Gasteiger partial charge on any atom is -0.275 e. The van der Waals surface area contributed by atoms with E-state index in [2.05, 4.69) is 15.9 Å². The summed E-state index contributed by atoms with van der Waals surface area (Å²) in [4.78, 5) is 10.5. The van der Waals surface area contributed by atoms with Crippen LogP contribution in [0.25, 0.3) is 0 Å². The third-order valence-corrected chi connectivity index (χ3v) is 2.24. The predicted octanol–water partition coefficient (Wildman–Crippen LogP) is 3.25. The van der Waals surface area contributed by atoms with Crippen LogP contribution in [-0.2, 0) is 0 Å². The molecule has 0 bridgehead atoms. The van der Waals surface area contributed by atoms with E-state index in [1.807, 2.05) is 0 Å². The maximum absolute atomic E-state index is 12.8. The lowest BCUT2D eigenvalue weighted by Crippen LogP contribution is -2.01. The fourth-order valence-corrected chi connectivity index (χ4v) is 1.14. The third-order valence-electron chi connectivity index (χ3n) is 1.31. The van der Waals surface area contributed by atoms with Gasteiger partial charge in [0.05, 0.1) is 10.0 Å². The Morgan fingerprint density at radius 1 is 1.31 bits per heavy atom. The van der Waals surface area contributed by atoms with Crippen molar-refractivity contribution < 1.29 is 18.0 Å². The molecule has 1 aromatic carbocycles. The van der Waals surface area contributed by atoms with E-state index >= 15 is 0 Å². The Labute approximate surface area is 84.6 Å². The molecule has 70 valence electrons. The van der Waals surface area contributed by atoms with Crippen molar-refractivity contribution in [2.45, 2.75) is 0 Å². The molecule has 1 aromatic rings. The number of benzene rings is 1. The van der Waals surface area contributed by atoms with E-state index in [0.29, 0.717) is 6.07 Å². The minimum absolute atomic E-state index is 0.526. The van der Waals surface area contributed by atoms with Gasteiger partial charge in [-0.25, -0.2) is 13.2 Å². The molecule has 0 fully saturated rings. The van der Waals surface area contributed by atoms with E-state index in [9.17, 15) is 18.0 Å². The second kappa shape index (κ2) is 3.67. The number of halogens is 5. The van der Waals surface area contributed by atoms with E-state index in [1.54, 1.807) is 0 Å². The smallest absolute Gasteiger partial charge is 0.255 e. The van der Waals surface area contributed by atoms with E-state index in [4.69, 9.17) is 11.6 Å². The van der Waals surface area contributed by atoms with Gasteiger partial charge in [-0.2, -0.15) is 0 Å². The van der Waals surface area contributed by atoms with E-state index < -0.39 is 32.7 Å². The first-order chi connectivity index (χ1) is 5.95. The van der Waals surface area contributed by atoms with Gasteiger partial charge in [0.2, 0.25) is 0 Å². The van der Waals surface area contributed by atoms with Gasteiger partial charge in [0.15, 0.2) is 11.6 Å². The van der Waals surface area contributed by atoms with Crippen molar-refractivity contribution in [1.29, 1.82) is 0 Å². The molecule has 0 spiro atoms. The van der Waals surface area contributed by atoms with Crippen molar-refractivity contribution in [2.24, 2.45) is 0 Å². The van der Waals surface area contributed by atoms with Crippen LogP contribution < -0.4 is 0 Å². The Balaban J connectivity index is 3.50. The molecule has 1 nitrogen and oxygen atoms in total. The highest BCUT2D eigenvalue weighted by Crippen LogP contribution is 2.25. The summed E-state index contributed by atoms with van der Waals surface area (Å²) < 4.78 is 37.6.